The van der Waals surface area contributed by atoms with Crippen LogP contribution < -0.4 is 10.2 Å². The number of anilines is 2. The van der Waals surface area contributed by atoms with Gasteiger partial charge in [0.1, 0.15) is 18.0 Å². The van der Waals surface area contributed by atoms with Gasteiger partial charge >= 0.3 is 0 Å². The van der Waals surface area contributed by atoms with E-state index in [0.717, 1.165) is 30.3 Å². The van der Waals surface area contributed by atoms with Gasteiger partial charge in [-0.3, -0.25) is 0 Å². The molecule has 1 N–H and O–H groups in total. The first-order valence-electron chi connectivity index (χ1n) is 6.38. The minimum atomic E-state index is 0.683. The summed E-state index contributed by atoms with van der Waals surface area (Å²) in [5.41, 5.74) is 1.13. The molecule has 1 unspecified atom stereocenters. The molecule has 96 valence electrons. The van der Waals surface area contributed by atoms with Crippen molar-refractivity contribution in [3.63, 3.8) is 0 Å². The van der Waals surface area contributed by atoms with Gasteiger partial charge in [-0.2, -0.15) is 0 Å². The lowest BCUT2D eigenvalue weighted by Crippen LogP contribution is -2.29. The first-order chi connectivity index (χ1) is 8.13. The Hall–Kier alpha value is -1.32. The second-order valence-electron chi connectivity index (χ2n) is 4.47. The molecule has 1 aromatic rings. The quantitative estimate of drug-likeness (QED) is 0.824. The van der Waals surface area contributed by atoms with Gasteiger partial charge in [-0.05, 0) is 19.8 Å². The van der Waals surface area contributed by atoms with E-state index < -0.39 is 0 Å². The average Bonchev–Trinajstić information content (AvgIpc) is 2.36. The van der Waals surface area contributed by atoms with Gasteiger partial charge in [-0.25, -0.2) is 9.97 Å². The molecule has 4 heteroatoms. The Morgan fingerprint density at radius 3 is 2.59 bits per heavy atom. The number of nitrogens with zero attached hydrogens (tertiary/aromatic N) is 3. The summed E-state index contributed by atoms with van der Waals surface area (Å²) in [5, 5.41) is 3.10. The fourth-order valence-corrected chi connectivity index (χ4v) is 1.88. The van der Waals surface area contributed by atoms with Crippen molar-refractivity contribution in [1.29, 1.82) is 0 Å². The summed E-state index contributed by atoms with van der Waals surface area (Å²) in [7, 11) is 1.89. The van der Waals surface area contributed by atoms with Crippen molar-refractivity contribution >= 4 is 11.6 Å². The van der Waals surface area contributed by atoms with Crippen molar-refractivity contribution in [3.8, 4) is 0 Å². The van der Waals surface area contributed by atoms with Crippen LogP contribution in [0.4, 0.5) is 11.6 Å². The van der Waals surface area contributed by atoms with E-state index in [9.17, 15) is 0 Å². The second kappa shape index (κ2) is 6.42. The highest BCUT2D eigenvalue weighted by Crippen LogP contribution is 2.22. The predicted octanol–water partition coefficient (Wildman–Crippen LogP) is 2.70. The molecule has 0 aliphatic heterocycles. The summed E-state index contributed by atoms with van der Waals surface area (Å²) in [4.78, 5) is 11.0. The molecule has 0 aliphatic rings. The zero-order chi connectivity index (χ0) is 12.8. The zero-order valence-electron chi connectivity index (χ0n) is 11.6. The number of rotatable bonds is 6. The lowest BCUT2D eigenvalue weighted by Gasteiger charge is -2.26. The van der Waals surface area contributed by atoms with Gasteiger partial charge in [-0.1, -0.05) is 20.3 Å². The summed E-state index contributed by atoms with van der Waals surface area (Å²) >= 11 is 0. The lowest BCUT2D eigenvalue weighted by molar-refractivity contribution is 0.545. The van der Waals surface area contributed by atoms with Crippen molar-refractivity contribution in [2.24, 2.45) is 5.92 Å². The second-order valence-corrected chi connectivity index (χ2v) is 4.47. The zero-order valence-corrected chi connectivity index (χ0v) is 11.6. The summed E-state index contributed by atoms with van der Waals surface area (Å²) in [5.74, 6) is 2.65. The van der Waals surface area contributed by atoms with E-state index in [4.69, 9.17) is 0 Å². The first-order valence-corrected chi connectivity index (χ1v) is 6.38. The van der Waals surface area contributed by atoms with Gasteiger partial charge in [0.15, 0.2) is 0 Å². The van der Waals surface area contributed by atoms with Crippen molar-refractivity contribution < 1.29 is 0 Å². The van der Waals surface area contributed by atoms with Crippen LogP contribution in [0.1, 0.15) is 32.8 Å². The van der Waals surface area contributed by atoms with Gasteiger partial charge in [0.05, 0.1) is 0 Å². The fourth-order valence-electron chi connectivity index (χ4n) is 1.88. The molecule has 0 aliphatic carbocycles. The van der Waals surface area contributed by atoms with Crippen molar-refractivity contribution in [2.75, 3.05) is 30.4 Å². The molecule has 0 fully saturated rings. The molecule has 1 atom stereocenters. The highest BCUT2D eigenvalue weighted by molar-refractivity contribution is 5.57. The molecule has 0 amide bonds. The fraction of sp³-hybridized carbons (Fsp3) is 0.692. The Labute approximate surface area is 104 Å². The van der Waals surface area contributed by atoms with E-state index in [0.29, 0.717) is 5.92 Å². The number of aromatic nitrogens is 2. The Morgan fingerprint density at radius 1 is 1.35 bits per heavy atom. The van der Waals surface area contributed by atoms with E-state index >= 15 is 0 Å². The van der Waals surface area contributed by atoms with Crippen LogP contribution >= 0.6 is 0 Å². The van der Waals surface area contributed by atoms with Crippen LogP contribution in [0.2, 0.25) is 0 Å². The van der Waals surface area contributed by atoms with Gasteiger partial charge in [0.25, 0.3) is 0 Å². The topological polar surface area (TPSA) is 41.1 Å². The summed E-state index contributed by atoms with van der Waals surface area (Å²) < 4.78 is 0. The predicted molar refractivity (Wildman–Crippen MR) is 73.7 cm³/mol. The lowest BCUT2D eigenvalue weighted by atomic mass is 10.1. The van der Waals surface area contributed by atoms with Crippen molar-refractivity contribution in [3.05, 3.63) is 11.9 Å². The molecule has 1 rings (SSSR count). The Kier molecular flexibility index (Phi) is 5.19. The summed E-state index contributed by atoms with van der Waals surface area (Å²) in [6.45, 7) is 10.8. The minimum Gasteiger partial charge on any atom is -0.373 e. The summed E-state index contributed by atoms with van der Waals surface area (Å²) in [6, 6.07) is 0. The Bertz CT molecular complexity index is 351. The molecule has 0 saturated carbocycles. The van der Waals surface area contributed by atoms with Crippen molar-refractivity contribution in [2.45, 2.75) is 34.1 Å². The standard InChI is InChI=1S/C13H24N4/c1-6-10(3)8-17(7-2)13-11(4)12(14-5)15-9-16-13/h9-10H,6-8H2,1-5H3,(H,14,15,16). The molecule has 1 aromatic heterocycles. The monoisotopic (exact) mass is 236 g/mol. The molecule has 0 spiro atoms. The molecule has 0 bridgehead atoms. The maximum Gasteiger partial charge on any atom is 0.137 e. The Balaban J connectivity index is 2.95. The van der Waals surface area contributed by atoms with Gasteiger partial charge < -0.3 is 10.2 Å². The number of nitrogens with one attached hydrogen (secondary N) is 1. The van der Waals surface area contributed by atoms with Gasteiger partial charge in [0, 0.05) is 25.7 Å². The van der Waals surface area contributed by atoms with E-state index in [-0.39, 0.29) is 0 Å². The van der Waals surface area contributed by atoms with E-state index in [1.807, 2.05) is 7.05 Å². The van der Waals surface area contributed by atoms with Crippen LogP contribution in [0.15, 0.2) is 6.33 Å². The van der Waals surface area contributed by atoms with Crippen molar-refractivity contribution in [1.82, 2.24) is 9.97 Å². The third-order valence-electron chi connectivity index (χ3n) is 3.20. The maximum atomic E-state index is 4.42. The van der Waals surface area contributed by atoms with Crippen LogP contribution in [0.25, 0.3) is 0 Å². The summed E-state index contributed by atoms with van der Waals surface area (Å²) in [6.07, 6.45) is 2.83. The Morgan fingerprint density at radius 2 is 2.06 bits per heavy atom. The largest absolute Gasteiger partial charge is 0.373 e. The molecular formula is C13H24N4. The van der Waals surface area contributed by atoms with Crippen LogP contribution in [-0.2, 0) is 0 Å². The molecule has 4 nitrogen and oxygen atoms in total. The van der Waals surface area contributed by atoms with Crippen LogP contribution in [0.3, 0.4) is 0 Å². The van der Waals surface area contributed by atoms with E-state index in [2.05, 4.69) is 47.9 Å². The number of hydrogen-bond acceptors (Lipinski definition) is 4. The third-order valence-corrected chi connectivity index (χ3v) is 3.20. The molecule has 0 radical (unpaired) electrons. The molecular weight excluding hydrogens is 212 g/mol. The molecule has 0 saturated heterocycles. The normalized spacial score (nSPS) is 12.3. The highest BCUT2D eigenvalue weighted by Gasteiger charge is 2.14. The van der Waals surface area contributed by atoms with E-state index in [1.165, 1.54) is 6.42 Å². The minimum absolute atomic E-state index is 0.683. The maximum absolute atomic E-state index is 4.42. The van der Waals surface area contributed by atoms with E-state index in [1.54, 1.807) is 6.33 Å². The van der Waals surface area contributed by atoms with Crippen LogP contribution in [0.5, 0.6) is 0 Å². The van der Waals surface area contributed by atoms with Gasteiger partial charge in [0.2, 0.25) is 0 Å². The molecule has 0 aromatic carbocycles. The average molecular weight is 236 g/mol. The highest BCUT2D eigenvalue weighted by atomic mass is 15.2. The van der Waals surface area contributed by atoms with Crippen LogP contribution in [0, 0.1) is 12.8 Å². The molecule has 1 heterocycles. The SMILES string of the molecule is CCC(C)CN(CC)c1ncnc(NC)c1C. The van der Waals surface area contributed by atoms with Gasteiger partial charge in [-0.15, -0.1) is 0 Å². The van der Waals surface area contributed by atoms with Crippen LogP contribution in [-0.4, -0.2) is 30.1 Å². The first kappa shape index (κ1) is 13.7. The molecule has 17 heavy (non-hydrogen) atoms. The number of hydrogen-bond donors (Lipinski definition) is 1. The third kappa shape index (κ3) is 3.32. The smallest absolute Gasteiger partial charge is 0.137 e.